The van der Waals surface area contributed by atoms with Gasteiger partial charge in [0.2, 0.25) is 0 Å². The Morgan fingerprint density at radius 3 is 1.84 bits per heavy atom. The van der Waals surface area contributed by atoms with E-state index in [1.165, 1.54) is 38.4 Å². The summed E-state index contributed by atoms with van der Waals surface area (Å²) in [5.41, 5.74) is 4.92. The number of benzene rings is 3. The van der Waals surface area contributed by atoms with E-state index >= 15 is 0 Å². The minimum atomic E-state index is 1.21. The Labute approximate surface area is 146 Å². The zero-order valence-corrected chi connectivity index (χ0v) is 14.3. The average Bonchev–Trinajstić information content (AvgIpc) is 3.21. The quantitative estimate of drug-likeness (QED) is 0.448. The van der Waals surface area contributed by atoms with Gasteiger partial charge in [-0.15, -0.1) is 0 Å². The summed E-state index contributed by atoms with van der Waals surface area (Å²) in [5, 5.41) is 5.94. The van der Waals surface area contributed by atoms with Crippen LogP contribution in [0.2, 0.25) is 0 Å². The SMILES string of the molecule is CN(C)n1ccc2c(-n3c4ccccc4c4ccccc43)cccc21. The van der Waals surface area contributed by atoms with Crippen LogP contribution >= 0.6 is 0 Å². The summed E-state index contributed by atoms with van der Waals surface area (Å²) in [6, 6.07) is 26.0. The van der Waals surface area contributed by atoms with Gasteiger partial charge in [-0.05, 0) is 30.3 Å². The summed E-state index contributed by atoms with van der Waals surface area (Å²) in [6.07, 6.45) is 2.13. The molecule has 122 valence electrons. The molecule has 0 N–H and O–H groups in total. The van der Waals surface area contributed by atoms with Crippen LogP contribution in [0.4, 0.5) is 0 Å². The van der Waals surface area contributed by atoms with Crippen molar-refractivity contribution in [1.29, 1.82) is 0 Å². The summed E-state index contributed by atoms with van der Waals surface area (Å²) in [4.78, 5) is 0. The fraction of sp³-hybridized carbons (Fsp3) is 0.0909. The molecule has 0 atom stereocenters. The Balaban J connectivity index is 1.95. The second-order valence-electron chi connectivity index (χ2n) is 6.59. The van der Waals surface area contributed by atoms with E-state index in [1.54, 1.807) is 0 Å². The number of fused-ring (bicyclic) bond motifs is 4. The highest BCUT2D eigenvalue weighted by Crippen LogP contribution is 2.34. The molecule has 3 aromatic carbocycles. The van der Waals surface area contributed by atoms with Crippen molar-refractivity contribution >= 4 is 32.7 Å². The highest BCUT2D eigenvalue weighted by molar-refractivity contribution is 6.10. The molecular weight excluding hydrogens is 306 g/mol. The Morgan fingerprint density at radius 1 is 0.600 bits per heavy atom. The molecule has 25 heavy (non-hydrogen) atoms. The van der Waals surface area contributed by atoms with Crippen LogP contribution in [-0.2, 0) is 0 Å². The third-order valence-corrected chi connectivity index (χ3v) is 4.94. The van der Waals surface area contributed by atoms with Crippen LogP contribution in [0.3, 0.4) is 0 Å². The summed E-state index contributed by atoms with van der Waals surface area (Å²) < 4.78 is 4.56. The van der Waals surface area contributed by atoms with Crippen molar-refractivity contribution in [2.24, 2.45) is 0 Å². The third kappa shape index (κ3) is 1.92. The Bertz CT molecular complexity index is 1170. The third-order valence-electron chi connectivity index (χ3n) is 4.94. The van der Waals surface area contributed by atoms with Crippen LogP contribution in [0.15, 0.2) is 79.0 Å². The summed E-state index contributed by atoms with van der Waals surface area (Å²) in [6.45, 7) is 0. The molecule has 2 heterocycles. The van der Waals surface area contributed by atoms with E-state index in [9.17, 15) is 0 Å². The molecule has 0 aliphatic rings. The van der Waals surface area contributed by atoms with E-state index in [1.807, 2.05) is 0 Å². The largest absolute Gasteiger partial charge is 0.319 e. The fourth-order valence-corrected chi connectivity index (χ4v) is 3.86. The van der Waals surface area contributed by atoms with Crippen LogP contribution in [-0.4, -0.2) is 23.3 Å². The summed E-state index contributed by atoms with van der Waals surface area (Å²) in [5.74, 6) is 0. The van der Waals surface area contributed by atoms with E-state index in [4.69, 9.17) is 0 Å². The predicted molar refractivity (Wildman–Crippen MR) is 106 cm³/mol. The maximum Gasteiger partial charge on any atom is 0.0715 e. The van der Waals surface area contributed by atoms with E-state index in [0.717, 1.165) is 0 Å². The van der Waals surface area contributed by atoms with Crippen molar-refractivity contribution < 1.29 is 0 Å². The average molecular weight is 325 g/mol. The molecule has 0 fully saturated rings. The van der Waals surface area contributed by atoms with Gasteiger partial charge < -0.3 is 9.58 Å². The van der Waals surface area contributed by atoms with Gasteiger partial charge in [0.25, 0.3) is 0 Å². The van der Waals surface area contributed by atoms with Crippen LogP contribution in [0.5, 0.6) is 0 Å². The first-order chi connectivity index (χ1) is 12.3. The highest BCUT2D eigenvalue weighted by atomic mass is 15.5. The topological polar surface area (TPSA) is 13.1 Å². The molecule has 3 heteroatoms. The van der Waals surface area contributed by atoms with Crippen molar-refractivity contribution in [2.75, 3.05) is 19.1 Å². The van der Waals surface area contributed by atoms with Crippen LogP contribution in [0.1, 0.15) is 0 Å². The van der Waals surface area contributed by atoms with E-state index < -0.39 is 0 Å². The lowest BCUT2D eigenvalue weighted by molar-refractivity contribution is 0.762. The first kappa shape index (κ1) is 14.2. The molecule has 0 radical (unpaired) electrons. The summed E-state index contributed by atoms with van der Waals surface area (Å²) in [7, 11) is 4.12. The van der Waals surface area contributed by atoms with Gasteiger partial charge in [0.15, 0.2) is 0 Å². The van der Waals surface area contributed by atoms with E-state index in [2.05, 4.69) is 107 Å². The van der Waals surface area contributed by atoms with Gasteiger partial charge in [0, 0.05) is 36.5 Å². The van der Waals surface area contributed by atoms with Crippen LogP contribution < -0.4 is 5.01 Å². The molecule has 0 spiro atoms. The van der Waals surface area contributed by atoms with E-state index in [-0.39, 0.29) is 0 Å². The van der Waals surface area contributed by atoms with Gasteiger partial charge in [-0.25, -0.2) is 0 Å². The van der Waals surface area contributed by atoms with Crippen molar-refractivity contribution in [1.82, 2.24) is 9.24 Å². The lowest BCUT2D eigenvalue weighted by Crippen LogP contribution is -2.23. The van der Waals surface area contributed by atoms with Crippen LogP contribution in [0.25, 0.3) is 38.4 Å². The molecule has 5 aromatic rings. The summed E-state index contributed by atoms with van der Waals surface area (Å²) >= 11 is 0. The monoisotopic (exact) mass is 325 g/mol. The maximum absolute atomic E-state index is 2.38. The van der Waals surface area contributed by atoms with Gasteiger partial charge >= 0.3 is 0 Å². The normalized spacial score (nSPS) is 11.6. The Hall–Kier alpha value is -3.20. The molecule has 0 aliphatic heterocycles. The minimum absolute atomic E-state index is 1.21. The number of rotatable bonds is 2. The number of aromatic nitrogens is 2. The lowest BCUT2D eigenvalue weighted by Gasteiger charge is -2.16. The molecule has 2 aromatic heterocycles. The molecular formula is C22H19N3. The molecule has 0 saturated carbocycles. The van der Waals surface area contributed by atoms with E-state index in [0.29, 0.717) is 0 Å². The van der Waals surface area contributed by atoms with Gasteiger partial charge in [-0.3, -0.25) is 4.68 Å². The van der Waals surface area contributed by atoms with Crippen molar-refractivity contribution in [3.63, 3.8) is 0 Å². The Kier molecular flexibility index (Phi) is 2.92. The highest BCUT2D eigenvalue weighted by Gasteiger charge is 2.14. The van der Waals surface area contributed by atoms with Crippen molar-refractivity contribution in [2.45, 2.75) is 0 Å². The Morgan fingerprint density at radius 2 is 1.20 bits per heavy atom. The molecule has 0 unspecified atom stereocenters. The van der Waals surface area contributed by atoms with Crippen LogP contribution in [0, 0.1) is 0 Å². The first-order valence-electron chi connectivity index (χ1n) is 8.52. The minimum Gasteiger partial charge on any atom is -0.319 e. The molecule has 0 bridgehead atoms. The van der Waals surface area contributed by atoms with Crippen molar-refractivity contribution in [3.8, 4) is 5.69 Å². The standard InChI is InChI=1S/C22H19N3/c1-23(2)24-15-14-18-19(24)12-7-13-22(18)25-20-10-5-3-8-16(20)17-9-4-6-11-21(17)25/h3-15H,1-2H3. The number of hydrogen-bond acceptors (Lipinski definition) is 1. The predicted octanol–water partition coefficient (Wildman–Crippen LogP) is 4.94. The maximum atomic E-state index is 2.38. The van der Waals surface area contributed by atoms with Gasteiger partial charge in [0.05, 0.1) is 22.2 Å². The second-order valence-corrected chi connectivity index (χ2v) is 6.59. The molecule has 3 nitrogen and oxygen atoms in total. The van der Waals surface area contributed by atoms with Crippen molar-refractivity contribution in [3.05, 3.63) is 79.0 Å². The fourth-order valence-electron chi connectivity index (χ4n) is 3.86. The second kappa shape index (κ2) is 5.15. The zero-order chi connectivity index (χ0) is 17.0. The van der Waals surface area contributed by atoms with Gasteiger partial charge in [-0.2, -0.15) is 0 Å². The van der Waals surface area contributed by atoms with Gasteiger partial charge in [0.1, 0.15) is 0 Å². The number of nitrogens with zero attached hydrogens (tertiary/aromatic N) is 3. The van der Waals surface area contributed by atoms with Gasteiger partial charge in [-0.1, -0.05) is 42.5 Å². The molecule has 5 rings (SSSR count). The zero-order valence-electron chi connectivity index (χ0n) is 14.3. The molecule has 0 amide bonds. The first-order valence-corrected chi connectivity index (χ1v) is 8.52. The number of hydrogen-bond donors (Lipinski definition) is 0. The molecule has 0 saturated heterocycles. The lowest BCUT2D eigenvalue weighted by atomic mass is 10.2. The number of para-hydroxylation sites is 2. The molecule has 0 aliphatic carbocycles. The smallest absolute Gasteiger partial charge is 0.0715 e.